The molecule has 1 aliphatic rings. The molecule has 32 heavy (non-hydrogen) atoms. The van der Waals surface area contributed by atoms with E-state index >= 15 is 0 Å². The van der Waals surface area contributed by atoms with Gasteiger partial charge in [-0.2, -0.15) is 0 Å². The van der Waals surface area contributed by atoms with E-state index in [4.69, 9.17) is 9.47 Å². The predicted molar refractivity (Wildman–Crippen MR) is 125 cm³/mol. The van der Waals surface area contributed by atoms with E-state index < -0.39 is 5.60 Å². The van der Waals surface area contributed by atoms with Crippen molar-refractivity contribution in [1.29, 1.82) is 0 Å². The number of rotatable bonds is 6. The van der Waals surface area contributed by atoms with Crippen LogP contribution in [0.15, 0.2) is 66.7 Å². The maximum Gasteiger partial charge on any atom is 0.338 e. The van der Waals surface area contributed by atoms with Crippen molar-refractivity contribution in [3.05, 3.63) is 89.0 Å². The zero-order chi connectivity index (χ0) is 22.7. The maximum atomic E-state index is 12.2. The van der Waals surface area contributed by atoms with Gasteiger partial charge in [-0.15, -0.1) is 0 Å². The normalized spacial score (nSPS) is 13.7. The first kappa shape index (κ1) is 21.8. The van der Waals surface area contributed by atoms with Crippen molar-refractivity contribution < 1.29 is 19.1 Å². The summed E-state index contributed by atoms with van der Waals surface area (Å²) < 4.78 is 11.0. The Bertz CT molecular complexity index is 1110. The highest BCUT2D eigenvalue weighted by Crippen LogP contribution is 2.31. The molecule has 0 aliphatic carbocycles. The Balaban J connectivity index is 1.45. The van der Waals surface area contributed by atoms with Gasteiger partial charge in [0.2, 0.25) is 0 Å². The second-order valence-corrected chi connectivity index (χ2v) is 9.19. The zero-order valence-electron chi connectivity index (χ0n) is 18.8. The highest BCUT2D eigenvalue weighted by Gasteiger charge is 2.18. The van der Waals surface area contributed by atoms with Crippen molar-refractivity contribution in [2.45, 2.75) is 45.1 Å². The Hall–Kier alpha value is -3.40. The lowest BCUT2D eigenvalue weighted by molar-refractivity contribution is -0.109. The van der Waals surface area contributed by atoms with Crippen molar-refractivity contribution in [2.24, 2.45) is 0 Å². The number of hydrogen-bond donors (Lipinski definition) is 0. The molecule has 0 aromatic heterocycles. The van der Waals surface area contributed by atoms with Crippen LogP contribution in [0.5, 0.6) is 5.75 Å². The van der Waals surface area contributed by atoms with E-state index in [-0.39, 0.29) is 11.9 Å². The highest BCUT2D eigenvalue weighted by atomic mass is 16.6. The van der Waals surface area contributed by atoms with E-state index in [9.17, 15) is 9.59 Å². The average molecular weight is 429 g/mol. The number of carbonyl (C=O) groups excluding carboxylic acids is 2. The summed E-state index contributed by atoms with van der Waals surface area (Å²) in [5.74, 6) is 0.388. The Morgan fingerprint density at radius 3 is 2.34 bits per heavy atom. The molecule has 3 aromatic rings. The SMILES string of the molecule is CC(C)(C)OC(=O)c1ccc(CC(C=O)c2ccc(-c3ccc4c(c3)CCO4)cc2)cc1. The summed E-state index contributed by atoms with van der Waals surface area (Å²) in [5, 5.41) is 0. The van der Waals surface area contributed by atoms with Gasteiger partial charge in [0.25, 0.3) is 0 Å². The summed E-state index contributed by atoms with van der Waals surface area (Å²) >= 11 is 0. The van der Waals surface area contributed by atoms with Gasteiger partial charge >= 0.3 is 5.97 Å². The fourth-order valence-corrected chi connectivity index (χ4v) is 3.90. The first-order chi connectivity index (χ1) is 15.3. The quantitative estimate of drug-likeness (QED) is 0.369. The summed E-state index contributed by atoms with van der Waals surface area (Å²) in [4.78, 5) is 24.0. The van der Waals surface area contributed by atoms with Crippen molar-refractivity contribution in [2.75, 3.05) is 6.61 Å². The van der Waals surface area contributed by atoms with E-state index in [1.807, 2.05) is 51.1 Å². The molecule has 3 aromatic carbocycles. The van der Waals surface area contributed by atoms with Crippen molar-refractivity contribution in [3.8, 4) is 16.9 Å². The first-order valence-electron chi connectivity index (χ1n) is 11.0. The Morgan fingerprint density at radius 1 is 1.00 bits per heavy atom. The summed E-state index contributed by atoms with van der Waals surface area (Å²) in [6, 6.07) is 21.7. The molecule has 0 saturated carbocycles. The minimum atomic E-state index is -0.530. The maximum absolute atomic E-state index is 12.2. The molecule has 0 spiro atoms. The third-order valence-electron chi connectivity index (χ3n) is 5.57. The van der Waals surface area contributed by atoms with Gasteiger partial charge in [-0.3, -0.25) is 0 Å². The molecule has 1 heterocycles. The van der Waals surface area contributed by atoms with Gasteiger partial charge in [-0.05, 0) is 79.3 Å². The van der Waals surface area contributed by atoms with Crippen LogP contribution in [-0.4, -0.2) is 24.5 Å². The molecule has 1 aliphatic heterocycles. The number of benzene rings is 3. The summed E-state index contributed by atoms with van der Waals surface area (Å²) in [5.41, 5.74) is 5.47. The molecule has 0 N–H and O–H groups in total. The fraction of sp³-hybridized carbons (Fsp3) is 0.286. The number of ether oxygens (including phenoxy) is 2. The van der Waals surface area contributed by atoms with Gasteiger partial charge in [0.1, 0.15) is 17.6 Å². The molecule has 164 valence electrons. The minimum Gasteiger partial charge on any atom is -0.493 e. The molecule has 1 atom stereocenters. The van der Waals surface area contributed by atoms with E-state index in [0.717, 1.165) is 47.3 Å². The molecule has 0 bridgehead atoms. The number of aldehydes is 1. The van der Waals surface area contributed by atoms with Gasteiger partial charge in [-0.25, -0.2) is 4.79 Å². The molecule has 0 radical (unpaired) electrons. The van der Waals surface area contributed by atoms with Crippen LogP contribution in [0, 0.1) is 0 Å². The minimum absolute atomic E-state index is 0.246. The van der Waals surface area contributed by atoms with E-state index in [1.165, 1.54) is 5.56 Å². The zero-order valence-corrected chi connectivity index (χ0v) is 18.8. The molecule has 4 rings (SSSR count). The van der Waals surface area contributed by atoms with Gasteiger partial charge in [-0.1, -0.05) is 42.5 Å². The van der Waals surface area contributed by atoms with Crippen molar-refractivity contribution in [3.63, 3.8) is 0 Å². The van der Waals surface area contributed by atoms with Gasteiger partial charge in [0, 0.05) is 12.3 Å². The third-order valence-corrected chi connectivity index (χ3v) is 5.57. The fourth-order valence-electron chi connectivity index (χ4n) is 3.90. The molecule has 0 fully saturated rings. The Morgan fingerprint density at radius 2 is 1.69 bits per heavy atom. The second-order valence-electron chi connectivity index (χ2n) is 9.19. The van der Waals surface area contributed by atoms with E-state index in [1.54, 1.807) is 12.1 Å². The molecule has 0 saturated heterocycles. The van der Waals surface area contributed by atoms with Crippen LogP contribution in [0.1, 0.15) is 53.7 Å². The van der Waals surface area contributed by atoms with Crippen LogP contribution >= 0.6 is 0 Å². The number of esters is 1. The summed E-state index contributed by atoms with van der Waals surface area (Å²) in [6.45, 7) is 6.28. The van der Waals surface area contributed by atoms with Crippen LogP contribution in [0.25, 0.3) is 11.1 Å². The van der Waals surface area contributed by atoms with Crippen LogP contribution in [-0.2, 0) is 22.4 Å². The van der Waals surface area contributed by atoms with Crippen LogP contribution < -0.4 is 4.74 Å². The number of fused-ring (bicyclic) bond motifs is 1. The number of carbonyl (C=O) groups is 2. The lowest BCUT2D eigenvalue weighted by atomic mass is 9.91. The van der Waals surface area contributed by atoms with Crippen LogP contribution in [0.3, 0.4) is 0 Å². The van der Waals surface area contributed by atoms with Crippen molar-refractivity contribution in [1.82, 2.24) is 0 Å². The largest absolute Gasteiger partial charge is 0.493 e. The van der Waals surface area contributed by atoms with Gasteiger partial charge in [0.15, 0.2) is 0 Å². The first-order valence-corrected chi connectivity index (χ1v) is 11.0. The Kier molecular flexibility index (Phi) is 6.13. The van der Waals surface area contributed by atoms with Crippen LogP contribution in [0.2, 0.25) is 0 Å². The van der Waals surface area contributed by atoms with Crippen LogP contribution in [0.4, 0.5) is 0 Å². The number of hydrogen-bond acceptors (Lipinski definition) is 4. The molecule has 4 heteroatoms. The molecular formula is C28H28O4. The average Bonchev–Trinajstić information content (AvgIpc) is 3.25. The monoisotopic (exact) mass is 428 g/mol. The molecular weight excluding hydrogens is 400 g/mol. The van der Waals surface area contributed by atoms with Gasteiger partial charge in [0.05, 0.1) is 12.2 Å². The molecule has 0 amide bonds. The van der Waals surface area contributed by atoms with E-state index in [2.05, 4.69) is 24.3 Å². The van der Waals surface area contributed by atoms with E-state index in [0.29, 0.717) is 12.0 Å². The smallest absolute Gasteiger partial charge is 0.338 e. The summed E-state index contributed by atoms with van der Waals surface area (Å²) in [7, 11) is 0. The lowest BCUT2D eigenvalue weighted by Crippen LogP contribution is -2.23. The Labute approximate surface area is 189 Å². The van der Waals surface area contributed by atoms with Crippen molar-refractivity contribution >= 4 is 12.3 Å². The lowest BCUT2D eigenvalue weighted by Gasteiger charge is -2.19. The topological polar surface area (TPSA) is 52.6 Å². The molecule has 4 nitrogen and oxygen atoms in total. The predicted octanol–water partition coefficient (Wildman–Crippen LogP) is 5.77. The third kappa shape index (κ3) is 5.08. The standard InChI is InChI=1S/C28H28O4/c1-28(2,3)32-27(30)22-6-4-19(5-7-22)16-25(18-29)21-10-8-20(9-11-21)23-12-13-26-24(17-23)14-15-31-26/h4-13,17-18,25H,14-16H2,1-3H3. The summed E-state index contributed by atoms with van der Waals surface area (Å²) in [6.07, 6.45) is 2.51. The van der Waals surface area contributed by atoms with Gasteiger partial charge < -0.3 is 14.3 Å². The highest BCUT2D eigenvalue weighted by molar-refractivity contribution is 5.89. The molecule has 1 unspecified atom stereocenters. The second kappa shape index (κ2) is 8.99.